The lowest BCUT2D eigenvalue weighted by atomic mass is 10.2. The third-order valence-corrected chi connectivity index (χ3v) is 4.13. The van der Waals surface area contributed by atoms with Crippen LogP contribution in [0.5, 0.6) is 0 Å². The standard InChI is InChI=1S/C17H26ClN3O2/c1-4-22-17(23-5-2)15-10-13(11-19)16(20-12(3)18)21(15)14-8-6-7-9-14/h10-11,14,17H,3-9,19H2,1-2H3/b13-11-,20-16+. The lowest BCUT2D eigenvalue weighted by molar-refractivity contribution is -0.121. The van der Waals surface area contributed by atoms with Crippen molar-refractivity contribution in [3.05, 3.63) is 35.3 Å². The van der Waals surface area contributed by atoms with Gasteiger partial charge in [-0.05, 0) is 32.8 Å². The normalized spacial score (nSPS) is 22.6. The molecule has 0 radical (unpaired) electrons. The van der Waals surface area contributed by atoms with Gasteiger partial charge in [0, 0.05) is 31.0 Å². The second-order valence-electron chi connectivity index (χ2n) is 5.55. The Bertz CT molecular complexity index is 516. The van der Waals surface area contributed by atoms with Crippen molar-refractivity contribution >= 4 is 17.4 Å². The minimum atomic E-state index is -0.433. The molecule has 0 aromatic rings. The number of hydrogen-bond donors (Lipinski definition) is 1. The number of rotatable bonds is 7. The predicted octanol–water partition coefficient (Wildman–Crippen LogP) is 3.48. The van der Waals surface area contributed by atoms with Gasteiger partial charge in [-0.2, -0.15) is 0 Å². The zero-order valence-corrected chi connectivity index (χ0v) is 14.7. The van der Waals surface area contributed by atoms with Gasteiger partial charge in [0.15, 0.2) is 6.29 Å². The van der Waals surface area contributed by atoms with Crippen LogP contribution in [-0.2, 0) is 9.47 Å². The van der Waals surface area contributed by atoms with Crippen molar-refractivity contribution in [3.63, 3.8) is 0 Å². The fraction of sp³-hybridized carbons (Fsp3) is 0.588. The molecule has 1 fully saturated rings. The molecule has 0 amide bonds. The van der Waals surface area contributed by atoms with E-state index in [1.807, 2.05) is 19.9 Å². The molecule has 6 heteroatoms. The summed E-state index contributed by atoms with van der Waals surface area (Å²) in [6.07, 6.45) is 7.72. The van der Waals surface area contributed by atoms with Gasteiger partial charge in [0.1, 0.15) is 11.0 Å². The largest absolute Gasteiger partial charge is 0.404 e. The van der Waals surface area contributed by atoms with Crippen molar-refractivity contribution in [2.45, 2.75) is 51.9 Å². The molecule has 128 valence electrons. The Morgan fingerprint density at radius 3 is 2.52 bits per heavy atom. The molecule has 0 aromatic heterocycles. The molecule has 1 saturated carbocycles. The molecule has 0 unspecified atom stereocenters. The van der Waals surface area contributed by atoms with Crippen molar-refractivity contribution in [2.24, 2.45) is 10.7 Å². The zero-order chi connectivity index (χ0) is 16.8. The molecule has 0 bridgehead atoms. The Morgan fingerprint density at radius 2 is 2.04 bits per heavy atom. The predicted molar refractivity (Wildman–Crippen MR) is 93.9 cm³/mol. The van der Waals surface area contributed by atoms with E-state index in [0.717, 1.165) is 29.9 Å². The summed E-state index contributed by atoms with van der Waals surface area (Å²) in [7, 11) is 0. The molecule has 2 N–H and O–H groups in total. The van der Waals surface area contributed by atoms with E-state index in [-0.39, 0.29) is 5.16 Å². The molecule has 23 heavy (non-hydrogen) atoms. The van der Waals surface area contributed by atoms with Crippen LogP contribution in [0.1, 0.15) is 39.5 Å². The second kappa shape index (κ2) is 8.52. The van der Waals surface area contributed by atoms with E-state index in [1.54, 1.807) is 6.20 Å². The van der Waals surface area contributed by atoms with Crippen LogP contribution < -0.4 is 5.73 Å². The molecule has 0 saturated heterocycles. The smallest absolute Gasteiger partial charge is 0.199 e. The minimum absolute atomic E-state index is 0.237. The number of nitrogens with two attached hydrogens (primary N) is 1. The van der Waals surface area contributed by atoms with Crippen LogP contribution in [-0.4, -0.2) is 36.3 Å². The van der Waals surface area contributed by atoms with E-state index in [2.05, 4.69) is 16.5 Å². The lowest BCUT2D eigenvalue weighted by Crippen LogP contribution is -2.40. The fourth-order valence-corrected chi connectivity index (χ4v) is 3.24. The first-order valence-corrected chi connectivity index (χ1v) is 8.59. The van der Waals surface area contributed by atoms with Crippen LogP contribution in [0.15, 0.2) is 40.3 Å². The molecule has 0 spiro atoms. The highest BCUT2D eigenvalue weighted by molar-refractivity contribution is 6.30. The quantitative estimate of drug-likeness (QED) is 0.570. The topological polar surface area (TPSA) is 60.1 Å². The van der Waals surface area contributed by atoms with Gasteiger partial charge in [0.2, 0.25) is 0 Å². The van der Waals surface area contributed by atoms with Gasteiger partial charge in [-0.3, -0.25) is 0 Å². The fourth-order valence-electron chi connectivity index (χ4n) is 3.16. The van der Waals surface area contributed by atoms with Crippen LogP contribution >= 0.6 is 11.6 Å². The van der Waals surface area contributed by atoms with Gasteiger partial charge in [0.05, 0.1) is 5.70 Å². The van der Waals surface area contributed by atoms with E-state index >= 15 is 0 Å². The number of nitrogens with zero attached hydrogens (tertiary/aromatic N) is 2. The summed E-state index contributed by atoms with van der Waals surface area (Å²) < 4.78 is 11.6. The van der Waals surface area contributed by atoms with Crippen molar-refractivity contribution in [1.29, 1.82) is 0 Å². The van der Waals surface area contributed by atoms with Gasteiger partial charge < -0.3 is 20.1 Å². The summed E-state index contributed by atoms with van der Waals surface area (Å²) in [5.41, 5.74) is 7.56. The first-order chi connectivity index (χ1) is 11.1. The molecular formula is C17H26ClN3O2. The molecule has 0 aromatic carbocycles. The van der Waals surface area contributed by atoms with E-state index in [9.17, 15) is 0 Å². The van der Waals surface area contributed by atoms with Crippen LogP contribution in [0, 0.1) is 0 Å². The molecular weight excluding hydrogens is 314 g/mol. The maximum atomic E-state index is 5.94. The van der Waals surface area contributed by atoms with Crippen molar-refractivity contribution in [3.8, 4) is 0 Å². The van der Waals surface area contributed by atoms with Crippen LogP contribution in [0.3, 0.4) is 0 Å². The van der Waals surface area contributed by atoms with Crippen LogP contribution in [0.2, 0.25) is 0 Å². The van der Waals surface area contributed by atoms with Gasteiger partial charge in [-0.15, -0.1) is 0 Å². The highest BCUT2D eigenvalue weighted by Gasteiger charge is 2.37. The minimum Gasteiger partial charge on any atom is -0.404 e. The average Bonchev–Trinajstić information content (AvgIpc) is 3.13. The lowest BCUT2D eigenvalue weighted by Gasteiger charge is -2.33. The molecule has 5 nitrogen and oxygen atoms in total. The third kappa shape index (κ3) is 4.16. The molecule has 0 atom stereocenters. The molecule has 2 aliphatic rings. The van der Waals surface area contributed by atoms with E-state index in [1.165, 1.54) is 12.8 Å². The zero-order valence-electron chi connectivity index (χ0n) is 13.9. The van der Waals surface area contributed by atoms with Crippen LogP contribution in [0.25, 0.3) is 0 Å². The maximum Gasteiger partial charge on any atom is 0.199 e. The SMILES string of the molecule is C=C(Cl)/N=C1\C(=C/N)C=C(C(OCC)OCC)N1C1CCCC1. The Kier molecular flexibility index (Phi) is 6.69. The molecule has 1 heterocycles. The Balaban J connectivity index is 2.41. The summed E-state index contributed by atoms with van der Waals surface area (Å²) in [5, 5.41) is 0.237. The molecule has 1 aliphatic carbocycles. The molecule has 2 rings (SSSR count). The highest BCUT2D eigenvalue weighted by Crippen LogP contribution is 2.35. The van der Waals surface area contributed by atoms with E-state index in [4.69, 9.17) is 26.8 Å². The van der Waals surface area contributed by atoms with Crippen molar-refractivity contribution in [1.82, 2.24) is 4.90 Å². The third-order valence-electron chi connectivity index (χ3n) is 4.04. The van der Waals surface area contributed by atoms with Crippen LogP contribution in [0.4, 0.5) is 0 Å². The van der Waals surface area contributed by atoms with Gasteiger partial charge in [-0.25, -0.2) is 4.99 Å². The number of halogens is 1. The average molecular weight is 340 g/mol. The highest BCUT2D eigenvalue weighted by atomic mass is 35.5. The monoisotopic (exact) mass is 339 g/mol. The first kappa shape index (κ1) is 18.0. The molecule has 1 aliphatic heterocycles. The van der Waals surface area contributed by atoms with Gasteiger partial charge in [-0.1, -0.05) is 31.0 Å². The van der Waals surface area contributed by atoms with E-state index in [0.29, 0.717) is 19.3 Å². The summed E-state index contributed by atoms with van der Waals surface area (Å²) in [6, 6.07) is 0.358. The van der Waals surface area contributed by atoms with E-state index < -0.39 is 6.29 Å². The summed E-state index contributed by atoms with van der Waals surface area (Å²) >= 11 is 5.94. The number of amidine groups is 1. The Hall–Kier alpha value is -1.30. The summed E-state index contributed by atoms with van der Waals surface area (Å²) in [4.78, 5) is 6.59. The Labute approximate surface area is 143 Å². The number of ether oxygens (including phenoxy) is 2. The summed E-state index contributed by atoms with van der Waals surface area (Å²) in [5.74, 6) is 0.735. The van der Waals surface area contributed by atoms with Crippen molar-refractivity contribution in [2.75, 3.05) is 13.2 Å². The number of aliphatic imine (C=N–C) groups is 1. The van der Waals surface area contributed by atoms with Crippen molar-refractivity contribution < 1.29 is 9.47 Å². The maximum absolute atomic E-state index is 5.94. The second-order valence-corrected chi connectivity index (χ2v) is 5.99. The number of hydrogen-bond acceptors (Lipinski definition) is 4. The van der Waals surface area contributed by atoms with Gasteiger partial charge >= 0.3 is 0 Å². The summed E-state index contributed by atoms with van der Waals surface area (Å²) in [6.45, 7) is 8.73. The first-order valence-electron chi connectivity index (χ1n) is 8.21. The Morgan fingerprint density at radius 1 is 1.43 bits per heavy atom. The van der Waals surface area contributed by atoms with Gasteiger partial charge in [0.25, 0.3) is 0 Å².